The molecule has 0 aliphatic heterocycles. The topological polar surface area (TPSA) is 122 Å². The summed E-state index contributed by atoms with van der Waals surface area (Å²) in [6, 6.07) is 3.70. The van der Waals surface area contributed by atoms with E-state index in [1.54, 1.807) is 0 Å². The Morgan fingerprint density at radius 1 is 1.50 bits per heavy atom. The summed E-state index contributed by atoms with van der Waals surface area (Å²) >= 11 is 0. The molecule has 1 atom stereocenters. The van der Waals surface area contributed by atoms with E-state index in [-0.39, 0.29) is 17.8 Å². The number of anilines is 1. The van der Waals surface area contributed by atoms with Crippen LogP contribution >= 0.6 is 0 Å². The zero-order chi connectivity index (χ0) is 13.7. The van der Waals surface area contributed by atoms with Gasteiger partial charge in [0.2, 0.25) is 0 Å². The van der Waals surface area contributed by atoms with Gasteiger partial charge in [-0.05, 0) is 12.1 Å². The number of phenols is 1. The molecule has 0 heterocycles. The van der Waals surface area contributed by atoms with E-state index >= 15 is 0 Å². The SMILES string of the molecule is COC(CN)C(=O)Nc1ccc(C(=O)O)c(O)c1. The Balaban J connectivity index is 2.83. The molecule has 1 aromatic carbocycles. The third kappa shape index (κ3) is 3.19. The molecule has 5 N–H and O–H groups in total. The third-order valence-electron chi connectivity index (χ3n) is 2.29. The summed E-state index contributed by atoms with van der Waals surface area (Å²) in [7, 11) is 1.35. The number of rotatable bonds is 5. The number of carboxylic acid groups (broad SMARTS) is 1. The van der Waals surface area contributed by atoms with Gasteiger partial charge in [-0.3, -0.25) is 4.79 Å². The number of nitrogens with one attached hydrogen (secondary N) is 1. The maximum absolute atomic E-state index is 11.6. The van der Waals surface area contributed by atoms with E-state index in [4.69, 9.17) is 15.6 Å². The van der Waals surface area contributed by atoms with Crippen LogP contribution in [-0.4, -0.2) is 41.8 Å². The lowest BCUT2D eigenvalue weighted by Crippen LogP contribution is -2.35. The van der Waals surface area contributed by atoms with Crippen molar-refractivity contribution in [3.8, 4) is 5.75 Å². The van der Waals surface area contributed by atoms with Crippen LogP contribution in [0.2, 0.25) is 0 Å². The standard InChI is InChI=1S/C11H14N2O5/c1-18-9(5-12)10(15)13-6-2-3-7(11(16)17)8(14)4-6/h2-4,9,14H,5,12H2,1H3,(H,13,15)(H,16,17). The van der Waals surface area contributed by atoms with Gasteiger partial charge in [0, 0.05) is 25.4 Å². The van der Waals surface area contributed by atoms with Crippen LogP contribution in [0.15, 0.2) is 18.2 Å². The van der Waals surface area contributed by atoms with Gasteiger partial charge in [0.05, 0.1) is 0 Å². The van der Waals surface area contributed by atoms with Gasteiger partial charge in [0.25, 0.3) is 5.91 Å². The zero-order valence-corrected chi connectivity index (χ0v) is 9.71. The van der Waals surface area contributed by atoms with Crippen molar-refractivity contribution in [3.05, 3.63) is 23.8 Å². The molecular formula is C11H14N2O5. The second kappa shape index (κ2) is 5.99. The van der Waals surface area contributed by atoms with Gasteiger partial charge in [0.15, 0.2) is 0 Å². The number of aromatic hydroxyl groups is 1. The van der Waals surface area contributed by atoms with E-state index in [0.29, 0.717) is 0 Å². The molecule has 18 heavy (non-hydrogen) atoms. The number of aromatic carboxylic acids is 1. The van der Waals surface area contributed by atoms with E-state index < -0.39 is 23.7 Å². The van der Waals surface area contributed by atoms with Crippen LogP contribution in [0.3, 0.4) is 0 Å². The predicted molar refractivity (Wildman–Crippen MR) is 63.5 cm³/mol. The van der Waals surface area contributed by atoms with Crippen LogP contribution in [0, 0.1) is 0 Å². The molecule has 0 bridgehead atoms. The largest absolute Gasteiger partial charge is 0.507 e. The Kier molecular flexibility index (Phi) is 4.64. The normalized spacial score (nSPS) is 11.9. The first kappa shape index (κ1) is 13.9. The highest BCUT2D eigenvalue weighted by molar-refractivity contribution is 5.96. The van der Waals surface area contributed by atoms with Crippen LogP contribution < -0.4 is 11.1 Å². The number of methoxy groups -OCH3 is 1. The minimum absolute atomic E-state index is 0.0154. The van der Waals surface area contributed by atoms with Gasteiger partial charge < -0.3 is 26.0 Å². The number of nitrogens with two attached hydrogens (primary N) is 1. The highest BCUT2D eigenvalue weighted by Gasteiger charge is 2.17. The van der Waals surface area contributed by atoms with Gasteiger partial charge in [0.1, 0.15) is 17.4 Å². The van der Waals surface area contributed by atoms with Crippen molar-refractivity contribution >= 4 is 17.6 Å². The molecule has 0 saturated carbocycles. The Labute approximate surface area is 103 Å². The monoisotopic (exact) mass is 254 g/mol. The molecule has 0 aromatic heterocycles. The minimum atomic E-state index is -1.25. The number of carboxylic acids is 1. The van der Waals surface area contributed by atoms with Crippen LogP contribution in [0.4, 0.5) is 5.69 Å². The fourth-order valence-corrected chi connectivity index (χ4v) is 1.32. The average molecular weight is 254 g/mol. The molecule has 0 aliphatic rings. The fourth-order valence-electron chi connectivity index (χ4n) is 1.32. The molecule has 0 fully saturated rings. The first-order chi connectivity index (χ1) is 8.49. The minimum Gasteiger partial charge on any atom is -0.507 e. The fraction of sp³-hybridized carbons (Fsp3) is 0.273. The average Bonchev–Trinajstić information content (AvgIpc) is 2.30. The summed E-state index contributed by atoms with van der Waals surface area (Å²) in [5, 5.41) is 20.6. The van der Waals surface area contributed by atoms with Crippen molar-refractivity contribution in [2.45, 2.75) is 6.10 Å². The molecule has 1 rings (SSSR count). The second-order valence-corrected chi connectivity index (χ2v) is 3.49. The Morgan fingerprint density at radius 2 is 2.17 bits per heavy atom. The van der Waals surface area contributed by atoms with Gasteiger partial charge in [-0.15, -0.1) is 0 Å². The lowest BCUT2D eigenvalue weighted by molar-refractivity contribution is -0.125. The number of benzene rings is 1. The Morgan fingerprint density at radius 3 is 2.61 bits per heavy atom. The lowest BCUT2D eigenvalue weighted by Gasteiger charge is -2.13. The first-order valence-corrected chi connectivity index (χ1v) is 5.09. The summed E-state index contributed by atoms with van der Waals surface area (Å²) in [5.41, 5.74) is 5.34. The second-order valence-electron chi connectivity index (χ2n) is 3.49. The van der Waals surface area contributed by atoms with Crippen LogP contribution in [0.5, 0.6) is 5.75 Å². The zero-order valence-electron chi connectivity index (χ0n) is 9.71. The summed E-state index contributed by atoms with van der Waals surface area (Å²) in [6.45, 7) is 0.0154. The summed E-state index contributed by atoms with van der Waals surface area (Å²) < 4.78 is 4.83. The van der Waals surface area contributed by atoms with Crippen molar-refractivity contribution in [3.63, 3.8) is 0 Å². The van der Waals surface area contributed by atoms with E-state index in [9.17, 15) is 14.7 Å². The summed E-state index contributed by atoms with van der Waals surface area (Å²) in [5.74, 6) is -2.15. The van der Waals surface area contributed by atoms with Crippen molar-refractivity contribution in [1.29, 1.82) is 0 Å². The number of hydrogen-bond acceptors (Lipinski definition) is 5. The summed E-state index contributed by atoms with van der Waals surface area (Å²) in [4.78, 5) is 22.3. The molecule has 1 amide bonds. The molecule has 1 unspecified atom stereocenters. The highest BCUT2D eigenvalue weighted by atomic mass is 16.5. The first-order valence-electron chi connectivity index (χ1n) is 5.09. The molecule has 0 spiro atoms. The van der Waals surface area contributed by atoms with Crippen LogP contribution in [-0.2, 0) is 9.53 Å². The van der Waals surface area contributed by atoms with Crippen molar-refractivity contribution in [2.75, 3.05) is 19.0 Å². The maximum Gasteiger partial charge on any atom is 0.339 e. The van der Waals surface area contributed by atoms with Gasteiger partial charge in [-0.2, -0.15) is 0 Å². The van der Waals surface area contributed by atoms with Crippen molar-refractivity contribution in [1.82, 2.24) is 0 Å². The lowest BCUT2D eigenvalue weighted by atomic mass is 10.2. The number of hydrogen-bond donors (Lipinski definition) is 4. The molecule has 7 heteroatoms. The number of ether oxygens (including phenoxy) is 1. The predicted octanol–water partition coefficient (Wildman–Crippen LogP) is 0.00260. The van der Waals surface area contributed by atoms with Gasteiger partial charge in [-0.25, -0.2) is 4.79 Å². The van der Waals surface area contributed by atoms with Crippen molar-refractivity contribution < 1.29 is 24.5 Å². The molecule has 1 aromatic rings. The quantitative estimate of drug-likeness (QED) is 0.586. The smallest absolute Gasteiger partial charge is 0.339 e. The molecule has 7 nitrogen and oxygen atoms in total. The number of carbonyl (C=O) groups is 2. The molecule has 0 aliphatic carbocycles. The highest BCUT2D eigenvalue weighted by Crippen LogP contribution is 2.22. The Bertz CT molecular complexity index is 457. The van der Waals surface area contributed by atoms with Gasteiger partial charge >= 0.3 is 5.97 Å². The van der Waals surface area contributed by atoms with Gasteiger partial charge in [-0.1, -0.05) is 0 Å². The molecule has 0 saturated heterocycles. The Hall–Kier alpha value is -2.12. The van der Waals surface area contributed by atoms with E-state index in [0.717, 1.165) is 6.07 Å². The van der Waals surface area contributed by atoms with E-state index in [1.165, 1.54) is 19.2 Å². The maximum atomic E-state index is 11.6. The molecule has 98 valence electrons. The van der Waals surface area contributed by atoms with E-state index in [1.807, 2.05) is 0 Å². The van der Waals surface area contributed by atoms with Crippen molar-refractivity contribution in [2.24, 2.45) is 5.73 Å². The molecular weight excluding hydrogens is 240 g/mol. The number of carbonyl (C=O) groups excluding carboxylic acids is 1. The number of amides is 1. The van der Waals surface area contributed by atoms with Crippen LogP contribution in [0.1, 0.15) is 10.4 Å². The third-order valence-corrected chi connectivity index (χ3v) is 2.29. The summed E-state index contributed by atoms with van der Waals surface area (Å²) in [6.07, 6.45) is -0.800. The van der Waals surface area contributed by atoms with Crippen LogP contribution in [0.25, 0.3) is 0 Å². The molecule has 0 radical (unpaired) electrons. The van der Waals surface area contributed by atoms with E-state index in [2.05, 4.69) is 5.32 Å².